The molecule has 1 aromatic carbocycles. The Morgan fingerprint density at radius 3 is 3.00 bits per heavy atom. The van der Waals surface area contributed by atoms with Crippen molar-refractivity contribution in [3.63, 3.8) is 0 Å². The molecule has 1 saturated heterocycles. The topological polar surface area (TPSA) is 58.3 Å². The lowest BCUT2D eigenvalue weighted by molar-refractivity contribution is 0.475. The molecule has 0 saturated carbocycles. The van der Waals surface area contributed by atoms with Crippen molar-refractivity contribution in [2.75, 3.05) is 12.3 Å². The average molecular weight is 192 g/mol. The lowest BCUT2D eigenvalue weighted by Gasteiger charge is -2.12. The number of nitrogens with two attached hydrogens (primary N) is 1. The van der Waals surface area contributed by atoms with Gasteiger partial charge in [-0.25, -0.2) is 0 Å². The van der Waals surface area contributed by atoms with Gasteiger partial charge < -0.3 is 16.2 Å². The number of hydrogen-bond donors (Lipinski definition) is 3. The summed E-state index contributed by atoms with van der Waals surface area (Å²) in [5.41, 5.74) is 7.63. The van der Waals surface area contributed by atoms with E-state index in [0.717, 1.165) is 18.5 Å². The summed E-state index contributed by atoms with van der Waals surface area (Å²) in [6.07, 6.45) is 3.44. The van der Waals surface area contributed by atoms with E-state index in [1.165, 1.54) is 12.8 Å². The van der Waals surface area contributed by atoms with E-state index in [1.807, 2.05) is 6.07 Å². The molecule has 1 fully saturated rings. The molecule has 2 rings (SSSR count). The zero-order valence-electron chi connectivity index (χ0n) is 8.16. The van der Waals surface area contributed by atoms with Crippen molar-refractivity contribution in [3.8, 4) is 5.75 Å². The van der Waals surface area contributed by atoms with Crippen molar-refractivity contribution in [1.29, 1.82) is 0 Å². The summed E-state index contributed by atoms with van der Waals surface area (Å²) < 4.78 is 0. The molecule has 0 amide bonds. The first-order valence-electron chi connectivity index (χ1n) is 5.06. The second-order valence-corrected chi connectivity index (χ2v) is 3.88. The van der Waals surface area contributed by atoms with E-state index in [4.69, 9.17) is 5.73 Å². The summed E-state index contributed by atoms with van der Waals surface area (Å²) in [4.78, 5) is 0. The Bertz CT molecular complexity index is 319. The van der Waals surface area contributed by atoms with Crippen LogP contribution in [0, 0.1) is 0 Å². The minimum atomic E-state index is 0.241. The quantitative estimate of drug-likeness (QED) is 0.618. The fraction of sp³-hybridized carbons (Fsp3) is 0.455. The van der Waals surface area contributed by atoms with Gasteiger partial charge in [-0.1, -0.05) is 6.07 Å². The Labute approximate surface area is 83.9 Å². The number of hydrogen-bond acceptors (Lipinski definition) is 3. The summed E-state index contributed by atoms with van der Waals surface area (Å²) in [5, 5.41) is 12.6. The van der Waals surface area contributed by atoms with Crippen molar-refractivity contribution in [2.45, 2.75) is 25.3 Å². The summed E-state index contributed by atoms with van der Waals surface area (Å²) >= 11 is 0. The summed E-state index contributed by atoms with van der Waals surface area (Å²) in [6.45, 7) is 1.11. The van der Waals surface area contributed by atoms with Crippen molar-refractivity contribution < 1.29 is 5.11 Å². The highest BCUT2D eigenvalue weighted by Gasteiger charge is 2.15. The number of benzene rings is 1. The molecule has 0 bridgehead atoms. The molecule has 3 heteroatoms. The first kappa shape index (κ1) is 9.34. The van der Waals surface area contributed by atoms with E-state index < -0.39 is 0 Å². The number of phenols is 1. The molecule has 1 atom stereocenters. The van der Waals surface area contributed by atoms with Crippen molar-refractivity contribution in [3.05, 3.63) is 23.8 Å². The number of nitrogen functional groups attached to an aromatic ring is 1. The largest absolute Gasteiger partial charge is 0.508 e. The Morgan fingerprint density at radius 1 is 1.50 bits per heavy atom. The van der Waals surface area contributed by atoms with E-state index in [9.17, 15) is 5.11 Å². The predicted octanol–water partition coefficient (Wildman–Crippen LogP) is 1.27. The Kier molecular flexibility index (Phi) is 2.59. The summed E-state index contributed by atoms with van der Waals surface area (Å²) in [5.74, 6) is 0.241. The normalized spacial score (nSPS) is 21.3. The zero-order chi connectivity index (χ0) is 9.97. The maximum atomic E-state index is 9.20. The number of phenolic OH excluding ortho intramolecular Hbond substituents is 1. The second-order valence-electron chi connectivity index (χ2n) is 3.88. The highest BCUT2D eigenvalue weighted by Crippen LogP contribution is 2.21. The average Bonchev–Trinajstić information content (AvgIpc) is 2.62. The van der Waals surface area contributed by atoms with Gasteiger partial charge in [-0.2, -0.15) is 0 Å². The van der Waals surface area contributed by atoms with Gasteiger partial charge >= 0.3 is 0 Å². The first-order chi connectivity index (χ1) is 6.75. The van der Waals surface area contributed by atoms with Crippen LogP contribution >= 0.6 is 0 Å². The Balaban J connectivity index is 2.08. The van der Waals surface area contributed by atoms with Crippen LogP contribution in [-0.2, 0) is 6.42 Å². The Morgan fingerprint density at radius 2 is 2.36 bits per heavy atom. The fourth-order valence-electron chi connectivity index (χ4n) is 1.96. The van der Waals surface area contributed by atoms with Gasteiger partial charge in [0.05, 0.1) is 0 Å². The molecule has 1 heterocycles. The van der Waals surface area contributed by atoms with E-state index in [0.29, 0.717) is 11.7 Å². The van der Waals surface area contributed by atoms with E-state index >= 15 is 0 Å². The molecule has 3 nitrogen and oxygen atoms in total. The molecule has 14 heavy (non-hydrogen) atoms. The number of rotatable bonds is 2. The third-order valence-electron chi connectivity index (χ3n) is 2.76. The highest BCUT2D eigenvalue weighted by atomic mass is 16.3. The standard InChI is InChI=1S/C11H16N2O/c12-11-7-10(14)4-3-8(11)6-9-2-1-5-13-9/h3-4,7,9,13-14H,1-2,5-6,12H2. The molecule has 1 aliphatic rings. The van der Waals surface area contributed by atoms with Gasteiger partial charge in [0.15, 0.2) is 0 Å². The third-order valence-corrected chi connectivity index (χ3v) is 2.76. The number of aromatic hydroxyl groups is 1. The molecule has 1 aliphatic heterocycles. The van der Waals surface area contributed by atoms with Crippen LogP contribution < -0.4 is 11.1 Å². The summed E-state index contributed by atoms with van der Waals surface area (Å²) in [7, 11) is 0. The zero-order valence-corrected chi connectivity index (χ0v) is 8.16. The molecule has 1 aromatic rings. The Hall–Kier alpha value is -1.22. The molecule has 0 aromatic heterocycles. The minimum absolute atomic E-state index is 0.241. The summed E-state index contributed by atoms with van der Waals surface area (Å²) in [6, 6.07) is 5.78. The van der Waals surface area contributed by atoms with Gasteiger partial charge in [-0.05, 0) is 37.4 Å². The lowest BCUT2D eigenvalue weighted by Crippen LogP contribution is -2.23. The fourth-order valence-corrected chi connectivity index (χ4v) is 1.96. The predicted molar refractivity (Wildman–Crippen MR) is 57.2 cm³/mol. The molecule has 0 spiro atoms. The minimum Gasteiger partial charge on any atom is -0.508 e. The van der Waals surface area contributed by atoms with Crippen LogP contribution in [0.4, 0.5) is 5.69 Å². The molecular weight excluding hydrogens is 176 g/mol. The smallest absolute Gasteiger partial charge is 0.117 e. The molecule has 4 N–H and O–H groups in total. The van der Waals surface area contributed by atoms with Gasteiger partial charge in [0.2, 0.25) is 0 Å². The maximum absolute atomic E-state index is 9.20. The van der Waals surface area contributed by atoms with Crippen molar-refractivity contribution >= 4 is 5.69 Å². The SMILES string of the molecule is Nc1cc(O)ccc1CC1CCCN1. The number of anilines is 1. The van der Waals surface area contributed by atoms with Gasteiger partial charge in [-0.3, -0.25) is 0 Å². The monoisotopic (exact) mass is 192 g/mol. The van der Waals surface area contributed by atoms with Crippen LogP contribution in [0.3, 0.4) is 0 Å². The van der Waals surface area contributed by atoms with Crippen LogP contribution in [0.1, 0.15) is 18.4 Å². The second kappa shape index (κ2) is 3.88. The van der Waals surface area contributed by atoms with E-state index in [2.05, 4.69) is 5.32 Å². The maximum Gasteiger partial charge on any atom is 0.117 e. The van der Waals surface area contributed by atoms with Gasteiger partial charge in [0, 0.05) is 17.8 Å². The molecule has 1 unspecified atom stereocenters. The van der Waals surface area contributed by atoms with Crippen molar-refractivity contribution in [2.24, 2.45) is 0 Å². The van der Waals surface area contributed by atoms with E-state index in [-0.39, 0.29) is 5.75 Å². The van der Waals surface area contributed by atoms with Gasteiger partial charge in [0.1, 0.15) is 5.75 Å². The highest BCUT2D eigenvalue weighted by molar-refractivity contribution is 5.51. The number of nitrogens with one attached hydrogen (secondary N) is 1. The van der Waals surface area contributed by atoms with Crippen LogP contribution in [-0.4, -0.2) is 17.7 Å². The van der Waals surface area contributed by atoms with E-state index in [1.54, 1.807) is 12.1 Å². The molecular formula is C11H16N2O. The lowest BCUT2D eigenvalue weighted by atomic mass is 10.0. The van der Waals surface area contributed by atoms with Crippen molar-refractivity contribution in [1.82, 2.24) is 5.32 Å². The molecule has 76 valence electrons. The van der Waals surface area contributed by atoms with Crippen LogP contribution in [0.15, 0.2) is 18.2 Å². The van der Waals surface area contributed by atoms with Crippen LogP contribution in [0.2, 0.25) is 0 Å². The van der Waals surface area contributed by atoms with Crippen LogP contribution in [0.25, 0.3) is 0 Å². The molecule has 0 aliphatic carbocycles. The third kappa shape index (κ3) is 1.99. The molecule has 0 radical (unpaired) electrons. The van der Waals surface area contributed by atoms with Gasteiger partial charge in [-0.15, -0.1) is 0 Å². The van der Waals surface area contributed by atoms with Crippen LogP contribution in [0.5, 0.6) is 5.75 Å². The first-order valence-corrected chi connectivity index (χ1v) is 5.06. The van der Waals surface area contributed by atoms with Gasteiger partial charge in [0.25, 0.3) is 0 Å².